The molecule has 0 saturated carbocycles. The summed E-state index contributed by atoms with van der Waals surface area (Å²) in [5.74, 6) is -0.878. The number of nitrogens with one attached hydrogen (secondary N) is 1. The van der Waals surface area contributed by atoms with Crippen molar-refractivity contribution in [3.63, 3.8) is 0 Å². The predicted molar refractivity (Wildman–Crippen MR) is 162 cm³/mol. The molecule has 0 aromatic heterocycles. The molecule has 1 atom stereocenters. The molecule has 1 N–H and O–H groups in total. The summed E-state index contributed by atoms with van der Waals surface area (Å²) >= 11 is 6.10. The first-order valence-electron chi connectivity index (χ1n) is 13.1. The first-order valence-corrected chi connectivity index (χ1v) is 15.0. The van der Waals surface area contributed by atoms with Gasteiger partial charge in [-0.1, -0.05) is 90.5 Å². The predicted octanol–water partition coefficient (Wildman–Crippen LogP) is 5.23. The maximum Gasteiger partial charge on any atom is 0.264 e. The molecule has 0 fully saturated rings. The quantitative estimate of drug-likeness (QED) is 0.260. The molecule has 0 aliphatic carbocycles. The van der Waals surface area contributed by atoms with Crippen LogP contribution in [0.4, 0.5) is 5.69 Å². The Balaban J connectivity index is 1.78. The molecule has 0 aliphatic heterocycles. The lowest BCUT2D eigenvalue weighted by molar-refractivity contribution is -0.139. The lowest BCUT2D eigenvalue weighted by Crippen LogP contribution is -2.53. The van der Waals surface area contributed by atoms with Crippen molar-refractivity contribution < 1.29 is 18.0 Å². The summed E-state index contributed by atoms with van der Waals surface area (Å²) in [7, 11) is -2.61. The third kappa shape index (κ3) is 7.34. The number of aryl methyl sites for hydroxylation is 1. The second-order valence-electron chi connectivity index (χ2n) is 9.58. The van der Waals surface area contributed by atoms with Gasteiger partial charge in [-0.25, -0.2) is 8.42 Å². The van der Waals surface area contributed by atoms with Crippen molar-refractivity contribution in [2.75, 3.05) is 17.9 Å². The highest BCUT2D eigenvalue weighted by atomic mass is 35.5. The molecule has 0 spiro atoms. The van der Waals surface area contributed by atoms with Crippen molar-refractivity contribution in [1.29, 1.82) is 0 Å². The summed E-state index contributed by atoms with van der Waals surface area (Å²) in [4.78, 5) is 29.0. The van der Waals surface area contributed by atoms with Crippen molar-refractivity contribution in [2.24, 2.45) is 0 Å². The van der Waals surface area contributed by atoms with Gasteiger partial charge in [0, 0.05) is 25.0 Å². The van der Waals surface area contributed by atoms with Crippen LogP contribution in [0.25, 0.3) is 0 Å². The number of carbonyl (C=O) groups excluding carboxylic acids is 2. The molecule has 4 rings (SSSR count). The number of hydrogen-bond donors (Lipinski definition) is 1. The zero-order chi connectivity index (χ0) is 29.4. The maximum atomic E-state index is 14.3. The number of halogens is 1. The van der Waals surface area contributed by atoms with Crippen molar-refractivity contribution in [3.8, 4) is 0 Å². The molecule has 0 saturated heterocycles. The summed E-state index contributed by atoms with van der Waals surface area (Å²) in [6.07, 6.45) is 0.246. The van der Waals surface area contributed by atoms with Crippen LogP contribution in [0.3, 0.4) is 0 Å². The number of likely N-dealkylation sites (N-methyl/N-ethyl adjacent to an activating group) is 1. The van der Waals surface area contributed by atoms with E-state index in [1.54, 1.807) is 67.6 Å². The lowest BCUT2D eigenvalue weighted by Gasteiger charge is -2.34. The molecule has 0 aliphatic rings. The minimum Gasteiger partial charge on any atom is -0.357 e. The molecule has 0 bridgehead atoms. The van der Waals surface area contributed by atoms with E-state index in [0.29, 0.717) is 16.3 Å². The Labute approximate surface area is 246 Å². The average Bonchev–Trinajstić information content (AvgIpc) is 2.99. The van der Waals surface area contributed by atoms with Gasteiger partial charge in [0.2, 0.25) is 11.8 Å². The summed E-state index contributed by atoms with van der Waals surface area (Å²) in [6.45, 7) is 1.37. The Morgan fingerprint density at radius 2 is 1.39 bits per heavy atom. The second kappa shape index (κ2) is 13.5. The molecule has 7 nitrogen and oxygen atoms in total. The van der Waals surface area contributed by atoms with Crippen LogP contribution in [0.1, 0.15) is 16.7 Å². The van der Waals surface area contributed by atoms with E-state index in [1.807, 2.05) is 36.4 Å². The molecule has 4 aromatic carbocycles. The van der Waals surface area contributed by atoms with Gasteiger partial charge in [-0.3, -0.25) is 13.9 Å². The van der Waals surface area contributed by atoms with E-state index in [0.717, 1.165) is 15.4 Å². The van der Waals surface area contributed by atoms with Crippen molar-refractivity contribution >= 4 is 39.1 Å². The van der Waals surface area contributed by atoms with Crippen LogP contribution in [0, 0.1) is 6.92 Å². The third-order valence-electron chi connectivity index (χ3n) is 6.78. The highest BCUT2D eigenvalue weighted by molar-refractivity contribution is 7.92. The molecule has 9 heteroatoms. The van der Waals surface area contributed by atoms with E-state index in [-0.39, 0.29) is 23.8 Å². The van der Waals surface area contributed by atoms with Crippen LogP contribution in [0.5, 0.6) is 0 Å². The van der Waals surface area contributed by atoms with Crippen LogP contribution < -0.4 is 9.62 Å². The highest BCUT2D eigenvalue weighted by Crippen LogP contribution is 2.27. The Kier molecular flexibility index (Phi) is 9.81. The van der Waals surface area contributed by atoms with Gasteiger partial charge in [0.1, 0.15) is 12.6 Å². The fourth-order valence-electron chi connectivity index (χ4n) is 4.58. The standard InChI is InChI=1S/C32H32ClN3O4S/c1-24-11-9-10-16-29(24)36(41(39,40)28-14-7-4-8-15-28)23-31(37)35(22-26-17-19-27(33)20-18-26)30(32(38)34-2)21-25-12-5-3-6-13-25/h3-20,30H,21-23H2,1-2H3,(H,34,38)/t30-/m1/s1. The number of anilines is 1. The molecule has 0 heterocycles. The van der Waals surface area contributed by atoms with Crippen LogP contribution in [0.2, 0.25) is 5.02 Å². The van der Waals surface area contributed by atoms with Crippen molar-refractivity contribution in [1.82, 2.24) is 10.2 Å². The number of sulfonamides is 1. The highest BCUT2D eigenvalue weighted by Gasteiger charge is 2.34. The normalized spacial score (nSPS) is 11.9. The number of nitrogens with zero attached hydrogens (tertiary/aromatic N) is 2. The number of para-hydroxylation sites is 1. The zero-order valence-electron chi connectivity index (χ0n) is 22.9. The van der Waals surface area contributed by atoms with Gasteiger partial charge in [0.05, 0.1) is 10.6 Å². The molecule has 41 heavy (non-hydrogen) atoms. The van der Waals surface area contributed by atoms with Crippen LogP contribution in [-0.2, 0) is 32.6 Å². The summed E-state index contributed by atoms with van der Waals surface area (Å²) in [5, 5.41) is 3.22. The smallest absolute Gasteiger partial charge is 0.264 e. The zero-order valence-corrected chi connectivity index (χ0v) is 24.5. The molecule has 212 valence electrons. The average molecular weight is 590 g/mol. The van der Waals surface area contributed by atoms with Crippen molar-refractivity contribution in [2.45, 2.75) is 30.8 Å². The number of rotatable bonds is 11. The van der Waals surface area contributed by atoms with E-state index in [1.165, 1.54) is 24.1 Å². The van der Waals surface area contributed by atoms with E-state index < -0.39 is 28.5 Å². The molecular formula is C32H32ClN3O4S. The van der Waals surface area contributed by atoms with Gasteiger partial charge >= 0.3 is 0 Å². The third-order valence-corrected chi connectivity index (χ3v) is 8.80. The van der Waals surface area contributed by atoms with E-state index >= 15 is 0 Å². The minimum absolute atomic E-state index is 0.0624. The lowest BCUT2D eigenvalue weighted by atomic mass is 10.0. The monoisotopic (exact) mass is 589 g/mol. The van der Waals surface area contributed by atoms with Gasteiger partial charge in [0.15, 0.2) is 0 Å². The van der Waals surface area contributed by atoms with Gasteiger partial charge in [-0.05, 0) is 53.9 Å². The van der Waals surface area contributed by atoms with Gasteiger partial charge in [-0.15, -0.1) is 0 Å². The maximum absolute atomic E-state index is 14.3. The Bertz CT molecular complexity index is 1580. The van der Waals surface area contributed by atoms with E-state index in [9.17, 15) is 18.0 Å². The van der Waals surface area contributed by atoms with Crippen molar-refractivity contribution in [3.05, 3.63) is 131 Å². The van der Waals surface area contributed by atoms with Gasteiger partial charge in [-0.2, -0.15) is 0 Å². The number of carbonyl (C=O) groups is 2. The topological polar surface area (TPSA) is 86.8 Å². The fourth-order valence-corrected chi connectivity index (χ4v) is 6.21. The number of benzene rings is 4. The van der Waals surface area contributed by atoms with Crippen LogP contribution >= 0.6 is 11.6 Å². The van der Waals surface area contributed by atoms with Gasteiger partial charge < -0.3 is 10.2 Å². The SMILES string of the molecule is CNC(=O)[C@@H](Cc1ccccc1)N(Cc1ccc(Cl)cc1)C(=O)CN(c1ccccc1C)S(=O)(=O)c1ccccc1. The molecule has 2 amide bonds. The Hall–Kier alpha value is -4.14. The number of hydrogen-bond acceptors (Lipinski definition) is 4. The fraction of sp³-hybridized carbons (Fsp3) is 0.188. The van der Waals surface area contributed by atoms with E-state index in [2.05, 4.69) is 5.32 Å². The largest absolute Gasteiger partial charge is 0.357 e. The summed E-state index contributed by atoms with van der Waals surface area (Å²) in [5.41, 5.74) is 2.69. The first kappa shape index (κ1) is 29.8. The molecule has 0 radical (unpaired) electrons. The first-order chi connectivity index (χ1) is 19.7. The molecule has 0 unspecified atom stereocenters. The second-order valence-corrected chi connectivity index (χ2v) is 11.9. The van der Waals surface area contributed by atoms with Crippen LogP contribution in [-0.4, -0.2) is 44.8 Å². The van der Waals surface area contributed by atoms with Crippen LogP contribution in [0.15, 0.2) is 114 Å². The molecular weight excluding hydrogens is 558 g/mol. The van der Waals surface area contributed by atoms with E-state index in [4.69, 9.17) is 11.6 Å². The summed E-state index contributed by atoms with van der Waals surface area (Å²) in [6, 6.07) is 30.5. The minimum atomic E-state index is -4.13. The summed E-state index contributed by atoms with van der Waals surface area (Å²) < 4.78 is 29.0. The molecule has 4 aromatic rings. The Morgan fingerprint density at radius 3 is 2.00 bits per heavy atom. The van der Waals surface area contributed by atoms with Gasteiger partial charge in [0.25, 0.3) is 10.0 Å². The Morgan fingerprint density at radius 1 is 0.805 bits per heavy atom. The number of amides is 2.